The Morgan fingerprint density at radius 3 is 2.62 bits per heavy atom. The minimum atomic E-state index is 0.338. The lowest BCUT2D eigenvalue weighted by atomic mass is 9.96. The number of nitrogens with zero attached hydrogens (tertiary/aromatic N) is 3. The number of aromatic amines is 1. The van der Waals surface area contributed by atoms with Crippen molar-refractivity contribution < 1.29 is 0 Å². The van der Waals surface area contributed by atoms with E-state index in [4.69, 9.17) is 0 Å². The van der Waals surface area contributed by atoms with Gasteiger partial charge in [-0.25, -0.2) is 0 Å². The summed E-state index contributed by atoms with van der Waals surface area (Å²) in [5.41, 5.74) is 3.79. The molecule has 5 rings (SSSR count). The normalized spacial score (nSPS) is 20.2. The lowest BCUT2D eigenvalue weighted by molar-refractivity contribution is 0.459. The van der Waals surface area contributed by atoms with Crippen LogP contribution in [0.5, 0.6) is 0 Å². The maximum Gasteiger partial charge on any atom is 0.204 e. The summed E-state index contributed by atoms with van der Waals surface area (Å²) in [6.07, 6.45) is 3.62. The topological polar surface area (TPSA) is 66.5 Å². The number of aromatic nitrogens is 4. The maximum atomic E-state index is 4.05. The van der Waals surface area contributed by atoms with Gasteiger partial charge < -0.3 is 5.32 Å². The first kappa shape index (κ1) is 18.0. The van der Waals surface area contributed by atoms with Crippen molar-refractivity contribution in [1.82, 2.24) is 25.9 Å². The summed E-state index contributed by atoms with van der Waals surface area (Å²) in [6.45, 7) is 2.29. The average Bonchev–Trinajstić information content (AvgIpc) is 3.46. The third-order valence-electron chi connectivity index (χ3n) is 6.19. The number of nitrogens with one attached hydrogen (secondary N) is 2. The Morgan fingerprint density at radius 2 is 1.79 bits per heavy atom. The Kier molecular flexibility index (Phi) is 4.82. The van der Waals surface area contributed by atoms with Crippen LogP contribution in [0.15, 0.2) is 66.7 Å². The van der Waals surface area contributed by atoms with Gasteiger partial charge in [-0.05, 0) is 59.2 Å². The minimum absolute atomic E-state index is 0.338. The highest BCUT2D eigenvalue weighted by Gasteiger charge is 2.27. The number of hydrogen-bond donors (Lipinski definition) is 2. The summed E-state index contributed by atoms with van der Waals surface area (Å²) in [7, 11) is 0. The van der Waals surface area contributed by atoms with E-state index in [1.54, 1.807) is 0 Å². The molecule has 3 unspecified atom stereocenters. The highest BCUT2D eigenvalue weighted by atomic mass is 15.5. The van der Waals surface area contributed by atoms with Crippen molar-refractivity contribution in [2.75, 3.05) is 0 Å². The fraction of sp³-hybridized carbons (Fsp3) is 0.292. The predicted molar refractivity (Wildman–Crippen MR) is 115 cm³/mol. The van der Waals surface area contributed by atoms with Crippen LogP contribution in [0.25, 0.3) is 22.2 Å². The second kappa shape index (κ2) is 7.76. The fourth-order valence-corrected chi connectivity index (χ4v) is 4.70. The molecule has 0 aliphatic heterocycles. The van der Waals surface area contributed by atoms with Crippen LogP contribution >= 0.6 is 0 Å². The highest BCUT2D eigenvalue weighted by molar-refractivity contribution is 5.86. The Hall–Kier alpha value is -3.05. The van der Waals surface area contributed by atoms with Crippen molar-refractivity contribution >= 4 is 10.8 Å². The van der Waals surface area contributed by atoms with E-state index in [1.165, 1.54) is 41.2 Å². The van der Waals surface area contributed by atoms with Crippen LogP contribution in [-0.2, 0) is 0 Å². The van der Waals surface area contributed by atoms with Crippen LogP contribution in [0.3, 0.4) is 0 Å². The largest absolute Gasteiger partial charge is 0.307 e. The van der Waals surface area contributed by atoms with E-state index < -0.39 is 0 Å². The minimum Gasteiger partial charge on any atom is -0.307 e. The van der Waals surface area contributed by atoms with Crippen LogP contribution < -0.4 is 5.32 Å². The van der Waals surface area contributed by atoms with E-state index in [2.05, 4.69) is 99.6 Å². The second-order valence-electron chi connectivity index (χ2n) is 8.02. The van der Waals surface area contributed by atoms with Crippen LogP contribution in [0, 0.1) is 0 Å². The maximum absolute atomic E-state index is 4.05. The summed E-state index contributed by atoms with van der Waals surface area (Å²) in [4.78, 5) is 0. The molecule has 1 saturated carbocycles. The number of benzene rings is 3. The highest BCUT2D eigenvalue weighted by Crippen LogP contribution is 2.36. The van der Waals surface area contributed by atoms with E-state index in [-0.39, 0.29) is 0 Å². The Labute approximate surface area is 170 Å². The fourth-order valence-electron chi connectivity index (χ4n) is 4.70. The number of rotatable bonds is 5. The average molecular weight is 383 g/mol. The van der Waals surface area contributed by atoms with Crippen molar-refractivity contribution in [2.24, 2.45) is 0 Å². The molecule has 1 aliphatic rings. The van der Waals surface area contributed by atoms with Gasteiger partial charge >= 0.3 is 0 Å². The van der Waals surface area contributed by atoms with Gasteiger partial charge in [0.05, 0.1) is 0 Å². The third-order valence-corrected chi connectivity index (χ3v) is 6.19. The molecule has 0 saturated heterocycles. The van der Waals surface area contributed by atoms with E-state index in [9.17, 15) is 0 Å². The van der Waals surface area contributed by atoms with Crippen molar-refractivity contribution in [3.8, 4) is 11.4 Å². The summed E-state index contributed by atoms with van der Waals surface area (Å²) in [5.74, 6) is 1.25. The molecule has 1 heterocycles. The molecule has 3 atom stereocenters. The van der Waals surface area contributed by atoms with Gasteiger partial charge in [0.25, 0.3) is 0 Å². The monoisotopic (exact) mass is 383 g/mol. The lowest BCUT2D eigenvalue weighted by Gasteiger charge is -2.21. The summed E-state index contributed by atoms with van der Waals surface area (Å²) in [5, 5.41) is 20.8. The standard InChI is InChI=1S/C24H25N5/c1-16(22-8-4-6-18-5-2-3-7-23(18)22)25-21-14-13-20(15-21)17-9-11-19(12-10-17)24-26-28-29-27-24/h2-12,16,20-21,25H,13-15H2,1H3,(H,26,27,28,29). The molecule has 1 aromatic heterocycles. The SMILES string of the molecule is CC(NC1CCC(c2ccc(-c3nn[nH]n3)cc2)C1)c1cccc2ccccc12. The molecule has 5 nitrogen and oxygen atoms in total. The number of H-pyrrole nitrogens is 1. The quantitative estimate of drug-likeness (QED) is 0.508. The van der Waals surface area contributed by atoms with Gasteiger partial charge in [0, 0.05) is 17.6 Å². The zero-order valence-electron chi connectivity index (χ0n) is 16.5. The molecule has 2 N–H and O–H groups in total. The molecule has 3 aromatic carbocycles. The van der Waals surface area contributed by atoms with Gasteiger partial charge in [-0.1, -0.05) is 66.7 Å². The molecule has 5 heteroatoms. The van der Waals surface area contributed by atoms with Gasteiger partial charge in [0.15, 0.2) is 0 Å². The van der Waals surface area contributed by atoms with E-state index in [1.807, 2.05) is 0 Å². The molecule has 0 radical (unpaired) electrons. The third kappa shape index (κ3) is 3.66. The molecular weight excluding hydrogens is 358 g/mol. The van der Waals surface area contributed by atoms with Crippen molar-refractivity contribution in [3.05, 3.63) is 77.9 Å². The molecule has 0 bridgehead atoms. The number of hydrogen-bond acceptors (Lipinski definition) is 4. The molecule has 0 amide bonds. The molecule has 1 fully saturated rings. The summed E-state index contributed by atoms with van der Waals surface area (Å²) >= 11 is 0. The first-order chi connectivity index (χ1) is 14.3. The van der Waals surface area contributed by atoms with Crippen molar-refractivity contribution in [3.63, 3.8) is 0 Å². The first-order valence-electron chi connectivity index (χ1n) is 10.4. The van der Waals surface area contributed by atoms with Crippen LogP contribution in [0.1, 0.15) is 49.3 Å². The first-order valence-corrected chi connectivity index (χ1v) is 10.4. The molecule has 0 spiro atoms. The lowest BCUT2D eigenvalue weighted by Crippen LogP contribution is -2.29. The molecule has 4 aromatic rings. The van der Waals surface area contributed by atoms with Crippen LogP contribution in [-0.4, -0.2) is 26.7 Å². The molecule has 1 aliphatic carbocycles. The van der Waals surface area contributed by atoms with Gasteiger partial charge in [-0.3, -0.25) is 0 Å². The van der Waals surface area contributed by atoms with Gasteiger partial charge in [0.2, 0.25) is 5.82 Å². The number of tetrazole rings is 1. The predicted octanol–water partition coefficient (Wildman–Crippen LogP) is 5.01. The molecule has 146 valence electrons. The van der Waals surface area contributed by atoms with Gasteiger partial charge in [0.1, 0.15) is 0 Å². The van der Waals surface area contributed by atoms with Crippen molar-refractivity contribution in [1.29, 1.82) is 0 Å². The van der Waals surface area contributed by atoms with Crippen LogP contribution in [0.2, 0.25) is 0 Å². The Bertz CT molecular complexity index is 1080. The molecule has 29 heavy (non-hydrogen) atoms. The Balaban J connectivity index is 1.26. The summed E-state index contributed by atoms with van der Waals surface area (Å²) < 4.78 is 0. The Morgan fingerprint density at radius 1 is 0.966 bits per heavy atom. The van der Waals surface area contributed by atoms with E-state index >= 15 is 0 Å². The van der Waals surface area contributed by atoms with E-state index in [0.29, 0.717) is 23.8 Å². The number of fused-ring (bicyclic) bond motifs is 1. The zero-order chi connectivity index (χ0) is 19.6. The van der Waals surface area contributed by atoms with E-state index in [0.717, 1.165) is 5.56 Å². The van der Waals surface area contributed by atoms with Gasteiger partial charge in [-0.15, -0.1) is 10.2 Å². The van der Waals surface area contributed by atoms with Gasteiger partial charge in [-0.2, -0.15) is 5.21 Å². The second-order valence-corrected chi connectivity index (χ2v) is 8.02. The zero-order valence-corrected chi connectivity index (χ0v) is 16.5. The van der Waals surface area contributed by atoms with Crippen LogP contribution in [0.4, 0.5) is 0 Å². The van der Waals surface area contributed by atoms with Crippen molar-refractivity contribution in [2.45, 2.75) is 44.2 Å². The molecular formula is C24H25N5. The smallest absolute Gasteiger partial charge is 0.204 e. The summed E-state index contributed by atoms with van der Waals surface area (Å²) in [6, 6.07) is 24.8.